The molecule has 1 heterocycles. The summed E-state index contributed by atoms with van der Waals surface area (Å²) >= 11 is 0. The Morgan fingerprint density at radius 1 is 1.42 bits per heavy atom. The first-order valence-corrected chi connectivity index (χ1v) is 7.45. The van der Waals surface area contributed by atoms with Crippen molar-refractivity contribution in [2.75, 3.05) is 19.6 Å². The van der Waals surface area contributed by atoms with Crippen molar-refractivity contribution in [2.45, 2.75) is 31.2 Å². The second-order valence-corrected chi connectivity index (χ2v) is 5.70. The summed E-state index contributed by atoms with van der Waals surface area (Å²) in [6.45, 7) is 3.21. The molecule has 1 aromatic rings. The fraction of sp³-hybridized carbons (Fsp3) is 0.700. The molecular formula is C10H18F2N4O2S. The second-order valence-electron chi connectivity index (χ2n) is 3.93. The topological polar surface area (TPSA) is 76.0 Å². The average Bonchev–Trinajstić information content (AvgIpc) is 2.82. The number of aromatic nitrogens is 2. The molecule has 0 radical (unpaired) electrons. The van der Waals surface area contributed by atoms with E-state index in [1.165, 1.54) is 10.9 Å². The fourth-order valence-corrected chi connectivity index (χ4v) is 2.32. The molecule has 2 N–H and O–H groups in total. The highest BCUT2D eigenvalue weighted by Crippen LogP contribution is 2.07. The zero-order valence-corrected chi connectivity index (χ0v) is 11.5. The number of sulfonamides is 1. The van der Waals surface area contributed by atoms with Crippen molar-refractivity contribution >= 4 is 10.0 Å². The standard InChI is InChI=1S/C10H18F2N4O2S/c1-2-3-13-4-5-16-8-9(6-14-16)19(17,18)15-7-10(11)12/h6,8,10,13,15H,2-5,7H2,1H3. The van der Waals surface area contributed by atoms with Crippen LogP contribution in [0.15, 0.2) is 17.3 Å². The van der Waals surface area contributed by atoms with Crippen molar-refractivity contribution in [1.29, 1.82) is 0 Å². The van der Waals surface area contributed by atoms with Gasteiger partial charge in [0.05, 0.1) is 19.3 Å². The number of hydrogen-bond donors (Lipinski definition) is 2. The fourth-order valence-electron chi connectivity index (χ4n) is 1.36. The summed E-state index contributed by atoms with van der Waals surface area (Å²) < 4.78 is 50.4. The molecule has 1 aromatic heterocycles. The number of nitrogens with zero attached hydrogens (tertiary/aromatic N) is 2. The van der Waals surface area contributed by atoms with Crippen LogP contribution < -0.4 is 10.0 Å². The van der Waals surface area contributed by atoms with Crippen LogP contribution in [0.5, 0.6) is 0 Å². The maximum Gasteiger partial charge on any atom is 0.251 e. The minimum absolute atomic E-state index is 0.108. The monoisotopic (exact) mass is 296 g/mol. The van der Waals surface area contributed by atoms with Gasteiger partial charge in [0.2, 0.25) is 10.0 Å². The van der Waals surface area contributed by atoms with E-state index in [4.69, 9.17) is 0 Å². The molecule has 0 aromatic carbocycles. The van der Waals surface area contributed by atoms with Gasteiger partial charge in [-0.25, -0.2) is 21.9 Å². The Kier molecular flexibility index (Phi) is 6.32. The molecule has 6 nitrogen and oxygen atoms in total. The predicted molar refractivity (Wildman–Crippen MR) is 66.6 cm³/mol. The molecule has 0 unspecified atom stereocenters. The number of rotatable bonds is 9. The van der Waals surface area contributed by atoms with E-state index in [1.807, 2.05) is 11.6 Å². The van der Waals surface area contributed by atoms with Crippen molar-refractivity contribution < 1.29 is 17.2 Å². The van der Waals surface area contributed by atoms with E-state index in [0.717, 1.165) is 19.2 Å². The summed E-state index contributed by atoms with van der Waals surface area (Å²) in [5.41, 5.74) is 0. The normalized spacial score (nSPS) is 12.2. The predicted octanol–water partition coefficient (Wildman–Crippen LogP) is 0.426. The molecular weight excluding hydrogens is 278 g/mol. The van der Waals surface area contributed by atoms with E-state index in [9.17, 15) is 17.2 Å². The Morgan fingerprint density at radius 2 is 2.16 bits per heavy atom. The van der Waals surface area contributed by atoms with Gasteiger partial charge in [0, 0.05) is 12.7 Å². The van der Waals surface area contributed by atoms with Gasteiger partial charge in [0.1, 0.15) is 4.90 Å². The molecule has 1 rings (SSSR count). The number of halogens is 2. The van der Waals surface area contributed by atoms with Crippen LogP contribution >= 0.6 is 0 Å². The zero-order valence-electron chi connectivity index (χ0n) is 10.6. The Balaban J connectivity index is 2.53. The first-order chi connectivity index (χ1) is 8.95. The number of nitrogens with one attached hydrogen (secondary N) is 2. The van der Waals surface area contributed by atoms with Crippen LogP contribution in [0.25, 0.3) is 0 Å². The van der Waals surface area contributed by atoms with Gasteiger partial charge in [-0.1, -0.05) is 6.92 Å². The maximum absolute atomic E-state index is 12.0. The summed E-state index contributed by atoms with van der Waals surface area (Å²) in [6.07, 6.45) is 0.758. The van der Waals surface area contributed by atoms with Gasteiger partial charge in [-0.05, 0) is 13.0 Å². The van der Waals surface area contributed by atoms with Crippen molar-refractivity contribution in [1.82, 2.24) is 19.8 Å². The van der Waals surface area contributed by atoms with Crippen molar-refractivity contribution in [3.63, 3.8) is 0 Å². The van der Waals surface area contributed by atoms with E-state index in [0.29, 0.717) is 13.1 Å². The summed E-state index contributed by atoms with van der Waals surface area (Å²) in [4.78, 5) is -0.108. The first-order valence-electron chi connectivity index (χ1n) is 5.96. The van der Waals surface area contributed by atoms with Crippen LogP contribution in [0.1, 0.15) is 13.3 Å². The Morgan fingerprint density at radius 3 is 2.79 bits per heavy atom. The van der Waals surface area contributed by atoms with E-state index in [1.54, 1.807) is 0 Å². The highest BCUT2D eigenvalue weighted by molar-refractivity contribution is 7.89. The molecule has 0 aliphatic rings. The van der Waals surface area contributed by atoms with Crippen molar-refractivity contribution in [3.8, 4) is 0 Å². The third kappa shape index (κ3) is 5.62. The first kappa shape index (κ1) is 16.0. The van der Waals surface area contributed by atoms with E-state index < -0.39 is 23.0 Å². The van der Waals surface area contributed by atoms with Crippen LogP contribution in [0, 0.1) is 0 Å². The van der Waals surface area contributed by atoms with E-state index >= 15 is 0 Å². The highest BCUT2D eigenvalue weighted by atomic mass is 32.2. The van der Waals surface area contributed by atoms with Crippen LogP contribution in [-0.2, 0) is 16.6 Å². The molecule has 0 saturated carbocycles. The molecule has 0 saturated heterocycles. The van der Waals surface area contributed by atoms with Crippen molar-refractivity contribution in [3.05, 3.63) is 12.4 Å². The van der Waals surface area contributed by atoms with Gasteiger partial charge in [-0.15, -0.1) is 0 Å². The largest absolute Gasteiger partial charge is 0.315 e. The smallest absolute Gasteiger partial charge is 0.251 e. The van der Waals surface area contributed by atoms with Gasteiger partial charge >= 0.3 is 0 Å². The molecule has 9 heteroatoms. The van der Waals surface area contributed by atoms with E-state index in [2.05, 4.69) is 10.4 Å². The third-order valence-electron chi connectivity index (χ3n) is 2.29. The number of hydrogen-bond acceptors (Lipinski definition) is 4. The Labute approximate surface area is 111 Å². The molecule has 0 bridgehead atoms. The summed E-state index contributed by atoms with van der Waals surface area (Å²) in [5, 5.41) is 7.02. The minimum atomic E-state index is -3.90. The molecule has 0 fully saturated rings. The SMILES string of the molecule is CCCNCCn1cc(S(=O)(=O)NCC(F)F)cn1. The van der Waals surface area contributed by atoms with Crippen LogP contribution in [0.2, 0.25) is 0 Å². The van der Waals surface area contributed by atoms with Gasteiger partial charge in [-0.2, -0.15) is 5.10 Å². The average molecular weight is 296 g/mol. The lowest BCUT2D eigenvalue weighted by molar-refractivity contribution is 0.153. The molecule has 110 valence electrons. The second kappa shape index (κ2) is 7.51. The third-order valence-corrected chi connectivity index (χ3v) is 3.67. The van der Waals surface area contributed by atoms with Crippen LogP contribution in [-0.4, -0.2) is 44.3 Å². The maximum atomic E-state index is 12.0. The summed E-state index contributed by atoms with van der Waals surface area (Å²) in [7, 11) is -3.90. The molecule has 19 heavy (non-hydrogen) atoms. The van der Waals surface area contributed by atoms with Crippen molar-refractivity contribution in [2.24, 2.45) is 0 Å². The lowest BCUT2D eigenvalue weighted by atomic mass is 10.5. The van der Waals surface area contributed by atoms with Gasteiger partial charge in [0.25, 0.3) is 6.43 Å². The summed E-state index contributed by atoms with van der Waals surface area (Å²) in [5.74, 6) is 0. The number of alkyl halides is 2. The van der Waals surface area contributed by atoms with Crippen LogP contribution in [0.3, 0.4) is 0 Å². The lowest BCUT2D eigenvalue weighted by Crippen LogP contribution is -2.28. The lowest BCUT2D eigenvalue weighted by Gasteiger charge is -2.04. The van der Waals surface area contributed by atoms with E-state index in [-0.39, 0.29) is 4.90 Å². The van der Waals surface area contributed by atoms with Crippen LogP contribution in [0.4, 0.5) is 8.78 Å². The molecule has 0 aliphatic carbocycles. The molecule has 0 atom stereocenters. The van der Waals surface area contributed by atoms with Gasteiger partial charge in [0.15, 0.2) is 0 Å². The van der Waals surface area contributed by atoms with Gasteiger partial charge < -0.3 is 5.32 Å². The highest BCUT2D eigenvalue weighted by Gasteiger charge is 2.18. The Hall–Kier alpha value is -1.06. The van der Waals surface area contributed by atoms with Gasteiger partial charge in [-0.3, -0.25) is 4.68 Å². The summed E-state index contributed by atoms with van der Waals surface area (Å²) in [6, 6.07) is 0. The zero-order chi connectivity index (χ0) is 14.3. The quantitative estimate of drug-likeness (QED) is 0.648. The Bertz CT molecular complexity index is 476. The molecule has 0 spiro atoms. The molecule has 0 amide bonds. The molecule has 0 aliphatic heterocycles. The minimum Gasteiger partial charge on any atom is -0.315 e.